The summed E-state index contributed by atoms with van der Waals surface area (Å²) < 4.78 is 6.60. The molecule has 1 aromatic carbocycles. The van der Waals surface area contributed by atoms with Gasteiger partial charge in [-0.05, 0) is 29.3 Å². The Hall–Kier alpha value is -0.860. The van der Waals surface area contributed by atoms with Crippen molar-refractivity contribution in [3.63, 3.8) is 0 Å². The van der Waals surface area contributed by atoms with E-state index < -0.39 is 0 Å². The molecule has 1 aromatic heterocycles. The van der Waals surface area contributed by atoms with E-state index in [0.29, 0.717) is 6.61 Å². The van der Waals surface area contributed by atoms with E-state index >= 15 is 0 Å². The van der Waals surface area contributed by atoms with Crippen LogP contribution in [0.15, 0.2) is 29.6 Å². The summed E-state index contributed by atoms with van der Waals surface area (Å²) in [6.45, 7) is 4.31. The molecule has 0 amide bonds. The lowest BCUT2D eigenvalue weighted by Crippen LogP contribution is -1.85. The first-order chi connectivity index (χ1) is 6.42. The highest BCUT2D eigenvalue weighted by Crippen LogP contribution is 2.25. The Morgan fingerprint density at radius 1 is 1.38 bits per heavy atom. The van der Waals surface area contributed by atoms with Crippen molar-refractivity contribution in [1.82, 2.24) is 0 Å². The van der Waals surface area contributed by atoms with Gasteiger partial charge in [0, 0.05) is 4.70 Å². The van der Waals surface area contributed by atoms with Crippen molar-refractivity contribution < 1.29 is 4.74 Å². The van der Waals surface area contributed by atoms with E-state index in [0.717, 1.165) is 0 Å². The molecule has 0 fully saturated rings. The van der Waals surface area contributed by atoms with Crippen LogP contribution >= 0.6 is 11.3 Å². The van der Waals surface area contributed by atoms with Crippen LogP contribution in [-0.2, 0) is 11.3 Å². The number of ether oxygens (including phenoxy) is 1. The van der Waals surface area contributed by atoms with Crippen LogP contribution in [0.2, 0.25) is 0 Å². The fourth-order valence-electron chi connectivity index (χ4n) is 1.32. The Labute approximate surface area is 82.0 Å². The van der Waals surface area contributed by atoms with Crippen molar-refractivity contribution in [2.75, 3.05) is 0 Å². The van der Waals surface area contributed by atoms with Gasteiger partial charge >= 0.3 is 0 Å². The second kappa shape index (κ2) is 3.90. The maximum absolute atomic E-state index is 5.27. The third-order valence-electron chi connectivity index (χ3n) is 1.97. The molecule has 0 saturated carbocycles. The van der Waals surface area contributed by atoms with Crippen LogP contribution in [0.3, 0.4) is 0 Å². The highest BCUT2D eigenvalue weighted by molar-refractivity contribution is 7.17. The molecule has 0 N–H and O–H groups in total. The predicted octanol–water partition coefficient (Wildman–Crippen LogP) is 3.60. The molecule has 1 heterocycles. The molecule has 2 aromatic rings. The largest absolute Gasteiger partial charge is 0.371 e. The molecule has 1 nitrogen and oxygen atoms in total. The summed E-state index contributed by atoms with van der Waals surface area (Å²) in [5.41, 5.74) is 1.28. The van der Waals surface area contributed by atoms with Gasteiger partial charge in [-0.1, -0.05) is 18.2 Å². The summed E-state index contributed by atoms with van der Waals surface area (Å²) in [6, 6.07) is 8.41. The van der Waals surface area contributed by atoms with Crippen LogP contribution < -0.4 is 0 Å². The van der Waals surface area contributed by atoms with Gasteiger partial charge in [-0.25, -0.2) is 0 Å². The average Bonchev–Trinajstić information content (AvgIpc) is 2.58. The molecule has 0 unspecified atom stereocenters. The number of rotatable bonds is 3. The fourth-order valence-corrected chi connectivity index (χ4v) is 2.27. The quantitative estimate of drug-likeness (QED) is 0.720. The summed E-state index contributed by atoms with van der Waals surface area (Å²) in [7, 11) is 0. The van der Waals surface area contributed by atoms with Crippen LogP contribution in [0.1, 0.15) is 12.5 Å². The van der Waals surface area contributed by atoms with E-state index in [1.165, 1.54) is 15.6 Å². The summed E-state index contributed by atoms with van der Waals surface area (Å²) in [5.74, 6) is 0. The van der Waals surface area contributed by atoms with Crippen LogP contribution in [0.4, 0.5) is 0 Å². The summed E-state index contributed by atoms with van der Waals surface area (Å²) in [4.78, 5) is 0. The van der Waals surface area contributed by atoms with Crippen molar-refractivity contribution in [3.05, 3.63) is 41.8 Å². The molecule has 0 aliphatic rings. The first-order valence-corrected chi connectivity index (χ1v) is 5.14. The van der Waals surface area contributed by atoms with Crippen LogP contribution in [0, 0.1) is 6.61 Å². The molecule has 0 aliphatic heterocycles. The van der Waals surface area contributed by atoms with Gasteiger partial charge in [0.25, 0.3) is 0 Å². The predicted molar refractivity (Wildman–Crippen MR) is 56.6 cm³/mol. The summed E-state index contributed by atoms with van der Waals surface area (Å²) >= 11 is 1.77. The molecule has 13 heavy (non-hydrogen) atoms. The van der Waals surface area contributed by atoms with E-state index in [2.05, 4.69) is 29.6 Å². The van der Waals surface area contributed by atoms with Gasteiger partial charge in [-0.15, -0.1) is 11.3 Å². The van der Waals surface area contributed by atoms with Crippen LogP contribution in [0.5, 0.6) is 0 Å². The van der Waals surface area contributed by atoms with E-state index in [1.807, 2.05) is 6.92 Å². The molecule has 2 heteroatoms. The molecule has 0 spiro atoms. The average molecular weight is 191 g/mol. The maximum atomic E-state index is 5.27. The standard InChI is InChI=1S/C11H11OS/c1-2-12-7-9-8-13-11-6-4-3-5-10(9)11/h2-6,8H,7H2,1H3. The summed E-state index contributed by atoms with van der Waals surface area (Å²) in [5, 5.41) is 3.48. The molecular weight excluding hydrogens is 180 g/mol. The SMILES string of the molecule is C[CH]OCc1csc2ccccc12. The minimum absolute atomic E-state index is 0.681. The smallest absolute Gasteiger partial charge is 0.0810 e. The Balaban J connectivity index is 2.35. The van der Waals surface area contributed by atoms with Crippen molar-refractivity contribution >= 4 is 21.4 Å². The van der Waals surface area contributed by atoms with Crippen LogP contribution in [0.25, 0.3) is 10.1 Å². The van der Waals surface area contributed by atoms with Gasteiger partial charge in [-0.2, -0.15) is 0 Å². The molecular formula is C11H11OS. The number of hydrogen-bond donors (Lipinski definition) is 0. The molecule has 2 rings (SSSR count). The molecule has 0 bridgehead atoms. The van der Waals surface area contributed by atoms with Gasteiger partial charge < -0.3 is 4.74 Å². The van der Waals surface area contributed by atoms with E-state index in [4.69, 9.17) is 4.74 Å². The minimum Gasteiger partial charge on any atom is -0.371 e. The molecule has 0 atom stereocenters. The third-order valence-corrected chi connectivity index (χ3v) is 2.98. The maximum Gasteiger partial charge on any atom is 0.0810 e. The second-order valence-electron chi connectivity index (χ2n) is 2.80. The fraction of sp³-hybridized carbons (Fsp3) is 0.182. The number of thiophene rings is 1. The molecule has 0 saturated heterocycles. The highest BCUT2D eigenvalue weighted by Gasteiger charge is 2.01. The number of hydrogen-bond acceptors (Lipinski definition) is 2. The van der Waals surface area contributed by atoms with Crippen molar-refractivity contribution in [3.8, 4) is 0 Å². The normalized spacial score (nSPS) is 10.8. The van der Waals surface area contributed by atoms with Gasteiger partial charge in [-0.3, -0.25) is 0 Å². The van der Waals surface area contributed by atoms with Crippen molar-refractivity contribution in [2.24, 2.45) is 0 Å². The first kappa shape index (κ1) is 8.73. The van der Waals surface area contributed by atoms with Gasteiger partial charge in [0.2, 0.25) is 0 Å². The van der Waals surface area contributed by atoms with E-state index in [1.54, 1.807) is 17.9 Å². The highest BCUT2D eigenvalue weighted by atomic mass is 32.1. The lowest BCUT2D eigenvalue weighted by atomic mass is 10.2. The first-order valence-electron chi connectivity index (χ1n) is 4.26. The number of fused-ring (bicyclic) bond motifs is 1. The van der Waals surface area contributed by atoms with Crippen molar-refractivity contribution in [2.45, 2.75) is 13.5 Å². The zero-order valence-electron chi connectivity index (χ0n) is 7.49. The van der Waals surface area contributed by atoms with E-state index in [-0.39, 0.29) is 0 Å². The zero-order chi connectivity index (χ0) is 9.10. The van der Waals surface area contributed by atoms with Crippen molar-refractivity contribution in [1.29, 1.82) is 0 Å². The summed E-state index contributed by atoms with van der Waals surface area (Å²) in [6.07, 6.45) is 0. The molecule has 67 valence electrons. The lowest BCUT2D eigenvalue weighted by molar-refractivity contribution is 0.192. The van der Waals surface area contributed by atoms with Gasteiger partial charge in [0.1, 0.15) is 0 Å². The van der Waals surface area contributed by atoms with Gasteiger partial charge in [0.15, 0.2) is 0 Å². The zero-order valence-corrected chi connectivity index (χ0v) is 8.30. The van der Waals surface area contributed by atoms with Gasteiger partial charge in [0.05, 0.1) is 13.2 Å². The third kappa shape index (κ3) is 1.74. The Kier molecular flexibility index (Phi) is 2.62. The lowest BCUT2D eigenvalue weighted by Gasteiger charge is -1.98. The van der Waals surface area contributed by atoms with E-state index in [9.17, 15) is 0 Å². The molecule has 0 aliphatic carbocycles. The molecule has 1 radical (unpaired) electrons. The Morgan fingerprint density at radius 3 is 3.08 bits per heavy atom. The topological polar surface area (TPSA) is 9.23 Å². The monoisotopic (exact) mass is 191 g/mol. The van der Waals surface area contributed by atoms with Crippen LogP contribution in [-0.4, -0.2) is 0 Å². The second-order valence-corrected chi connectivity index (χ2v) is 3.72. The number of benzene rings is 1. The Morgan fingerprint density at radius 2 is 2.23 bits per heavy atom. The Bertz CT molecular complexity index is 392. The minimum atomic E-state index is 0.681.